The van der Waals surface area contributed by atoms with Crippen molar-refractivity contribution in [3.8, 4) is 0 Å². The lowest BCUT2D eigenvalue weighted by atomic mass is 10.5. The van der Waals surface area contributed by atoms with Gasteiger partial charge in [0, 0.05) is 19.3 Å². The summed E-state index contributed by atoms with van der Waals surface area (Å²) < 4.78 is 14.7. The molecule has 128 valence electrons. The topological polar surface area (TPSA) is 78.9 Å². The number of carbonyl (C=O) groups is 3. The zero-order valence-corrected chi connectivity index (χ0v) is 14.7. The van der Waals surface area contributed by atoms with Crippen LogP contribution in [0.4, 0.5) is 0 Å². The van der Waals surface area contributed by atoms with Crippen molar-refractivity contribution in [1.82, 2.24) is 0 Å². The van der Waals surface area contributed by atoms with Gasteiger partial charge in [-0.15, -0.1) is 7.92 Å². The van der Waals surface area contributed by atoms with E-state index in [1.54, 1.807) is 20.8 Å². The van der Waals surface area contributed by atoms with Gasteiger partial charge < -0.3 is 14.2 Å². The lowest BCUT2D eigenvalue weighted by Crippen LogP contribution is -2.12. The minimum Gasteiger partial charge on any atom is -0.466 e. The summed E-state index contributed by atoms with van der Waals surface area (Å²) >= 11 is 0. The molecule has 0 aliphatic heterocycles. The van der Waals surface area contributed by atoms with Crippen LogP contribution in [0.25, 0.3) is 0 Å². The van der Waals surface area contributed by atoms with Crippen molar-refractivity contribution < 1.29 is 28.6 Å². The molecule has 0 heterocycles. The molecule has 0 radical (unpaired) electrons. The first kappa shape index (κ1) is 20.8. The molecule has 0 aliphatic carbocycles. The van der Waals surface area contributed by atoms with Gasteiger partial charge in [-0.3, -0.25) is 14.4 Å². The molecule has 0 aliphatic rings. The Balaban J connectivity index is 4.26. The number of hydrogen-bond donors (Lipinski definition) is 0. The van der Waals surface area contributed by atoms with Crippen molar-refractivity contribution in [3.63, 3.8) is 0 Å². The van der Waals surface area contributed by atoms with Gasteiger partial charge in [0.2, 0.25) is 0 Å². The largest absolute Gasteiger partial charge is 0.466 e. The first-order valence-corrected chi connectivity index (χ1v) is 9.62. The molecule has 0 fully saturated rings. The van der Waals surface area contributed by atoms with Crippen LogP contribution in [-0.4, -0.2) is 56.2 Å². The van der Waals surface area contributed by atoms with Crippen LogP contribution in [0.15, 0.2) is 0 Å². The summed E-state index contributed by atoms with van der Waals surface area (Å²) in [6, 6.07) is 0. The fourth-order valence-corrected chi connectivity index (χ4v) is 3.95. The summed E-state index contributed by atoms with van der Waals surface area (Å²) in [5.41, 5.74) is 0. The molecule has 7 heteroatoms. The van der Waals surface area contributed by atoms with E-state index < -0.39 is 7.92 Å². The highest BCUT2D eigenvalue weighted by atomic mass is 31.1. The van der Waals surface area contributed by atoms with Crippen LogP contribution < -0.4 is 0 Å². The van der Waals surface area contributed by atoms with Gasteiger partial charge in [0.15, 0.2) is 0 Å². The van der Waals surface area contributed by atoms with Crippen molar-refractivity contribution in [2.45, 2.75) is 40.0 Å². The monoisotopic (exact) mass is 334 g/mol. The number of rotatable bonds is 12. The summed E-state index contributed by atoms with van der Waals surface area (Å²) in [6.45, 7) is 6.39. The SMILES string of the molecule is CCOC(=O)CCP(CCC(=O)OCC)CCC(=O)OCC. The molecule has 0 saturated heterocycles. The lowest BCUT2D eigenvalue weighted by molar-refractivity contribution is -0.143. The molecule has 0 bridgehead atoms. The van der Waals surface area contributed by atoms with Crippen LogP contribution >= 0.6 is 7.92 Å². The molecular formula is C15H27O6P. The van der Waals surface area contributed by atoms with E-state index in [-0.39, 0.29) is 17.9 Å². The van der Waals surface area contributed by atoms with Crippen LogP contribution in [0.5, 0.6) is 0 Å². The number of esters is 3. The molecule has 22 heavy (non-hydrogen) atoms. The maximum Gasteiger partial charge on any atom is 0.306 e. The summed E-state index contributed by atoms with van der Waals surface area (Å²) in [5, 5.41) is 0. The van der Waals surface area contributed by atoms with Gasteiger partial charge in [-0.1, -0.05) is 0 Å². The van der Waals surface area contributed by atoms with E-state index in [4.69, 9.17) is 14.2 Å². The first-order chi connectivity index (χ1) is 10.5. The van der Waals surface area contributed by atoms with Gasteiger partial charge in [-0.25, -0.2) is 0 Å². The van der Waals surface area contributed by atoms with Crippen molar-refractivity contribution >= 4 is 25.8 Å². The minimum atomic E-state index is -0.593. The smallest absolute Gasteiger partial charge is 0.306 e. The molecule has 0 aromatic rings. The quantitative estimate of drug-likeness (QED) is 0.310. The molecule has 0 N–H and O–H groups in total. The van der Waals surface area contributed by atoms with Gasteiger partial charge in [-0.05, 0) is 39.3 Å². The first-order valence-electron chi connectivity index (χ1n) is 7.72. The summed E-state index contributed by atoms with van der Waals surface area (Å²) in [7, 11) is -0.593. The number of hydrogen-bond acceptors (Lipinski definition) is 6. The number of ether oxygens (including phenoxy) is 3. The Labute approximate surface area is 133 Å². The Hall–Kier alpha value is -1.16. The summed E-state index contributed by atoms with van der Waals surface area (Å²) in [5.74, 6) is -0.702. The molecule has 0 aromatic carbocycles. The molecule has 0 saturated carbocycles. The van der Waals surface area contributed by atoms with Gasteiger partial charge in [0.1, 0.15) is 0 Å². The molecule has 0 amide bonds. The highest BCUT2D eigenvalue weighted by molar-refractivity contribution is 7.57. The fraction of sp³-hybridized carbons (Fsp3) is 0.800. The fourth-order valence-electron chi connectivity index (χ4n) is 1.78. The Morgan fingerprint density at radius 2 is 0.909 bits per heavy atom. The maximum atomic E-state index is 11.4. The standard InChI is InChI=1S/C15H27O6P/c1-4-19-13(16)7-10-22(11-8-14(17)20-5-2)12-9-15(18)21-6-3/h4-12H2,1-3H3. The Kier molecular flexibility index (Phi) is 12.8. The van der Waals surface area contributed by atoms with Crippen LogP contribution in [-0.2, 0) is 28.6 Å². The average Bonchev–Trinajstić information content (AvgIpc) is 2.47. The number of carbonyl (C=O) groups excluding carboxylic acids is 3. The zero-order valence-electron chi connectivity index (χ0n) is 13.8. The van der Waals surface area contributed by atoms with Crippen molar-refractivity contribution in [2.75, 3.05) is 38.3 Å². The van der Waals surface area contributed by atoms with Gasteiger partial charge in [-0.2, -0.15) is 0 Å². The summed E-state index contributed by atoms with van der Waals surface area (Å²) in [4.78, 5) is 34.3. The zero-order chi connectivity index (χ0) is 16.8. The van der Waals surface area contributed by atoms with Crippen molar-refractivity contribution in [3.05, 3.63) is 0 Å². The maximum absolute atomic E-state index is 11.4. The van der Waals surface area contributed by atoms with Crippen molar-refractivity contribution in [2.24, 2.45) is 0 Å². The van der Waals surface area contributed by atoms with E-state index in [0.717, 1.165) is 0 Å². The second-order valence-electron chi connectivity index (χ2n) is 4.51. The lowest BCUT2D eigenvalue weighted by Gasteiger charge is -2.16. The Morgan fingerprint density at radius 1 is 0.636 bits per heavy atom. The van der Waals surface area contributed by atoms with Crippen LogP contribution in [0, 0.1) is 0 Å². The van der Waals surface area contributed by atoms with E-state index >= 15 is 0 Å². The highest BCUT2D eigenvalue weighted by Gasteiger charge is 2.16. The van der Waals surface area contributed by atoms with E-state index in [2.05, 4.69) is 0 Å². The van der Waals surface area contributed by atoms with Crippen LogP contribution in [0.2, 0.25) is 0 Å². The van der Waals surface area contributed by atoms with E-state index in [0.29, 0.717) is 57.6 Å². The normalized spacial score (nSPS) is 10.4. The van der Waals surface area contributed by atoms with E-state index in [1.165, 1.54) is 0 Å². The minimum absolute atomic E-state index is 0.234. The molecule has 0 rings (SSSR count). The molecule has 0 atom stereocenters. The third kappa shape index (κ3) is 11.5. The average molecular weight is 334 g/mol. The van der Waals surface area contributed by atoms with Crippen LogP contribution in [0.1, 0.15) is 40.0 Å². The Morgan fingerprint density at radius 3 is 1.14 bits per heavy atom. The summed E-state index contributed by atoms with van der Waals surface area (Å²) in [6.07, 6.45) is 2.95. The molecule has 0 aromatic heterocycles. The van der Waals surface area contributed by atoms with E-state index in [9.17, 15) is 14.4 Å². The predicted octanol–water partition coefficient (Wildman–Crippen LogP) is 2.33. The predicted molar refractivity (Wildman–Crippen MR) is 85.3 cm³/mol. The third-order valence-corrected chi connectivity index (χ3v) is 5.38. The highest BCUT2D eigenvalue weighted by Crippen LogP contribution is 2.38. The van der Waals surface area contributed by atoms with E-state index in [1.807, 2.05) is 0 Å². The molecule has 6 nitrogen and oxygen atoms in total. The Bertz CT molecular complexity index is 293. The second-order valence-corrected chi connectivity index (χ2v) is 7.19. The molecular weight excluding hydrogens is 307 g/mol. The molecule has 0 unspecified atom stereocenters. The van der Waals surface area contributed by atoms with Gasteiger partial charge in [0.05, 0.1) is 19.8 Å². The van der Waals surface area contributed by atoms with Crippen molar-refractivity contribution in [1.29, 1.82) is 0 Å². The second kappa shape index (κ2) is 13.5. The van der Waals surface area contributed by atoms with Crippen LogP contribution in [0.3, 0.4) is 0 Å². The van der Waals surface area contributed by atoms with Gasteiger partial charge in [0.25, 0.3) is 0 Å². The molecule has 0 spiro atoms. The van der Waals surface area contributed by atoms with Gasteiger partial charge >= 0.3 is 17.9 Å². The third-order valence-electron chi connectivity index (χ3n) is 2.81.